The van der Waals surface area contributed by atoms with Gasteiger partial charge in [-0.15, -0.1) is 11.8 Å². The fourth-order valence-electron chi connectivity index (χ4n) is 2.36. The SMILES string of the molecule is CN=C(NCCCCC(=O)OC)NCC1(Sc2ccccc2)CC1. The van der Waals surface area contributed by atoms with E-state index < -0.39 is 0 Å². The van der Waals surface area contributed by atoms with Crippen LogP contribution in [0.2, 0.25) is 0 Å². The first kappa shape index (κ1) is 18.6. The predicted octanol–water partition coefficient (Wildman–Crippen LogP) is 2.82. The number of benzene rings is 1. The number of hydrogen-bond acceptors (Lipinski definition) is 4. The monoisotopic (exact) mass is 349 g/mol. The van der Waals surface area contributed by atoms with Crippen LogP contribution >= 0.6 is 11.8 Å². The highest BCUT2D eigenvalue weighted by atomic mass is 32.2. The molecular formula is C18H27N3O2S. The van der Waals surface area contributed by atoms with Crippen LogP contribution in [0, 0.1) is 0 Å². The van der Waals surface area contributed by atoms with Gasteiger partial charge in [-0.2, -0.15) is 0 Å². The van der Waals surface area contributed by atoms with Crippen LogP contribution < -0.4 is 10.6 Å². The molecule has 1 aliphatic rings. The number of carbonyl (C=O) groups is 1. The summed E-state index contributed by atoms with van der Waals surface area (Å²) in [6, 6.07) is 10.5. The summed E-state index contributed by atoms with van der Waals surface area (Å²) in [4.78, 5) is 16.6. The summed E-state index contributed by atoms with van der Waals surface area (Å²) in [5.41, 5.74) is 0. The molecule has 2 rings (SSSR count). The van der Waals surface area contributed by atoms with E-state index in [1.807, 2.05) is 17.8 Å². The fraction of sp³-hybridized carbons (Fsp3) is 0.556. The summed E-state index contributed by atoms with van der Waals surface area (Å²) >= 11 is 1.95. The van der Waals surface area contributed by atoms with Crippen LogP contribution in [-0.4, -0.2) is 43.9 Å². The molecule has 0 unspecified atom stereocenters. The second-order valence-corrected chi connectivity index (χ2v) is 7.53. The van der Waals surface area contributed by atoms with Gasteiger partial charge in [0.1, 0.15) is 0 Å². The molecule has 0 bridgehead atoms. The average molecular weight is 350 g/mol. The number of aliphatic imine (C=N–C) groups is 1. The second kappa shape index (κ2) is 9.57. The molecule has 5 nitrogen and oxygen atoms in total. The van der Waals surface area contributed by atoms with E-state index in [-0.39, 0.29) is 5.97 Å². The molecule has 0 atom stereocenters. The van der Waals surface area contributed by atoms with Crippen molar-refractivity contribution < 1.29 is 9.53 Å². The minimum Gasteiger partial charge on any atom is -0.469 e. The van der Waals surface area contributed by atoms with Crippen LogP contribution in [0.3, 0.4) is 0 Å². The molecule has 0 aliphatic heterocycles. The Morgan fingerprint density at radius 3 is 2.62 bits per heavy atom. The van der Waals surface area contributed by atoms with E-state index in [0.717, 1.165) is 31.9 Å². The Hall–Kier alpha value is -1.69. The van der Waals surface area contributed by atoms with E-state index in [4.69, 9.17) is 0 Å². The number of nitrogens with zero attached hydrogens (tertiary/aromatic N) is 1. The van der Waals surface area contributed by atoms with E-state index >= 15 is 0 Å². The topological polar surface area (TPSA) is 62.7 Å². The number of nitrogens with one attached hydrogen (secondary N) is 2. The number of guanidine groups is 1. The Labute approximate surface area is 148 Å². The third-order valence-corrected chi connectivity index (χ3v) is 5.51. The first-order valence-corrected chi connectivity index (χ1v) is 9.24. The summed E-state index contributed by atoms with van der Waals surface area (Å²) in [6.07, 6.45) is 4.68. The van der Waals surface area contributed by atoms with E-state index in [2.05, 4.69) is 44.6 Å². The van der Waals surface area contributed by atoms with Crippen LogP contribution in [0.1, 0.15) is 32.1 Å². The Morgan fingerprint density at radius 2 is 2.00 bits per heavy atom. The Bertz CT molecular complexity index is 544. The molecule has 0 saturated heterocycles. The molecule has 1 saturated carbocycles. The minimum absolute atomic E-state index is 0.147. The maximum absolute atomic E-state index is 11.1. The molecule has 0 spiro atoms. The van der Waals surface area contributed by atoms with Crippen molar-refractivity contribution in [1.82, 2.24) is 10.6 Å². The molecule has 1 aromatic carbocycles. The number of carbonyl (C=O) groups excluding carboxylic acids is 1. The third-order valence-electron chi connectivity index (χ3n) is 4.01. The summed E-state index contributed by atoms with van der Waals surface area (Å²) in [5, 5.41) is 6.73. The van der Waals surface area contributed by atoms with E-state index in [1.54, 1.807) is 7.05 Å². The lowest BCUT2D eigenvalue weighted by molar-refractivity contribution is -0.140. The number of thioether (sulfide) groups is 1. The molecule has 24 heavy (non-hydrogen) atoms. The molecule has 0 radical (unpaired) electrons. The van der Waals surface area contributed by atoms with Crippen molar-refractivity contribution in [2.24, 2.45) is 4.99 Å². The van der Waals surface area contributed by atoms with Crippen LogP contribution in [-0.2, 0) is 9.53 Å². The number of unbranched alkanes of at least 4 members (excludes halogenated alkanes) is 1. The summed E-state index contributed by atoms with van der Waals surface area (Å²) in [6.45, 7) is 1.71. The van der Waals surface area contributed by atoms with Gasteiger partial charge in [0.05, 0.1) is 7.11 Å². The summed E-state index contributed by atoms with van der Waals surface area (Å²) in [7, 11) is 3.21. The highest BCUT2D eigenvalue weighted by Gasteiger charge is 2.43. The molecule has 0 aromatic heterocycles. The fourth-order valence-corrected chi connectivity index (χ4v) is 3.61. The number of methoxy groups -OCH3 is 1. The van der Waals surface area contributed by atoms with Crippen molar-refractivity contribution >= 4 is 23.7 Å². The molecule has 6 heteroatoms. The second-order valence-electron chi connectivity index (χ2n) is 5.98. The van der Waals surface area contributed by atoms with Gasteiger partial charge >= 0.3 is 5.97 Å². The average Bonchev–Trinajstić information content (AvgIpc) is 3.37. The van der Waals surface area contributed by atoms with Crippen LogP contribution in [0.15, 0.2) is 40.2 Å². The molecule has 132 valence electrons. The minimum atomic E-state index is -0.147. The van der Waals surface area contributed by atoms with Gasteiger partial charge in [-0.05, 0) is 37.8 Å². The third kappa shape index (κ3) is 6.43. The van der Waals surface area contributed by atoms with Crippen molar-refractivity contribution in [2.75, 3.05) is 27.2 Å². The van der Waals surface area contributed by atoms with Gasteiger partial charge < -0.3 is 15.4 Å². The van der Waals surface area contributed by atoms with Crippen molar-refractivity contribution in [2.45, 2.75) is 41.7 Å². The number of esters is 1. The summed E-state index contributed by atoms with van der Waals surface area (Å²) < 4.78 is 4.93. The first-order valence-electron chi connectivity index (χ1n) is 8.43. The van der Waals surface area contributed by atoms with Gasteiger partial charge in [-0.1, -0.05) is 18.2 Å². The first-order chi connectivity index (χ1) is 11.7. The van der Waals surface area contributed by atoms with Gasteiger partial charge in [0, 0.05) is 36.2 Å². The van der Waals surface area contributed by atoms with Crippen molar-refractivity contribution in [1.29, 1.82) is 0 Å². The smallest absolute Gasteiger partial charge is 0.305 e. The molecule has 1 aliphatic carbocycles. The van der Waals surface area contributed by atoms with E-state index in [9.17, 15) is 4.79 Å². The molecule has 1 aromatic rings. The van der Waals surface area contributed by atoms with E-state index in [1.165, 1.54) is 24.8 Å². The van der Waals surface area contributed by atoms with Gasteiger partial charge in [0.25, 0.3) is 0 Å². The standard InChI is InChI=1S/C18H27N3O2S/c1-19-17(20-13-7-6-10-16(22)23-2)21-14-18(11-12-18)24-15-8-4-3-5-9-15/h3-5,8-9H,6-7,10-14H2,1-2H3,(H2,19,20,21). The van der Waals surface area contributed by atoms with Gasteiger partial charge in [0.2, 0.25) is 0 Å². The van der Waals surface area contributed by atoms with Gasteiger partial charge in [-0.3, -0.25) is 9.79 Å². The molecule has 1 fully saturated rings. The largest absolute Gasteiger partial charge is 0.469 e. The number of ether oxygens (including phenoxy) is 1. The zero-order valence-corrected chi connectivity index (χ0v) is 15.3. The van der Waals surface area contributed by atoms with Crippen molar-refractivity contribution in [3.05, 3.63) is 30.3 Å². The van der Waals surface area contributed by atoms with Crippen LogP contribution in [0.5, 0.6) is 0 Å². The lowest BCUT2D eigenvalue weighted by atomic mass is 10.2. The highest BCUT2D eigenvalue weighted by Crippen LogP contribution is 2.51. The Balaban J connectivity index is 1.65. The summed E-state index contributed by atoms with van der Waals surface area (Å²) in [5.74, 6) is 0.680. The molecular weight excluding hydrogens is 322 g/mol. The van der Waals surface area contributed by atoms with Gasteiger partial charge in [0.15, 0.2) is 5.96 Å². The predicted molar refractivity (Wildman–Crippen MR) is 99.5 cm³/mol. The lowest BCUT2D eigenvalue weighted by Gasteiger charge is -2.18. The van der Waals surface area contributed by atoms with Crippen LogP contribution in [0.4, 0.5) is 0 Å². The quantitative estimate of drug-likeness (QED) is 0.311. The maximum atomic E-state index is 11.1. The number of hydrogen-bond donors (Lipinski definition) is 2. The van der Waals surface area contributed by atoms with E-state index in [0.29, 0.717) is 11.2 Å². The van der Waals surface area contributed by atoms with Crippen molar-refractivity contribution in [3.8, 4) is 0 Å². The van der Waals surface area contributed by atoms with Crippen LogP contribution in [0.25, 0.3) is 0 Å². The molecule has 0 amide bonds. The lowest BCUT2D eigenvalue weighted by Crippen LogP contribution is -2.41. The maximum Gasteiger partial charge on any atom is 0.305 e. The van der Waals surface area contributed by atoms with Crippen molar-refractivity contribution in [3.63, 3.8) is 0 Å². The normalized spacial score (nSPS) is 15.7. The molecule has 0 heterocycles. The highest BCUT2D eigenvalue weighted by molar-refractivity contribution is 8.01. The molecule has 2 N–H and O–H groups in total. The zero-order valence-electron chi connectivity index (χ0n) is 14.5. The number of rotatable bonds is 9. The van der Waals surface area contributed by atoms with Gasteiger partial charge in [-0.25, -0.2) is 0 Å². The zero-order chi connectivity index (χ0) is 17.3. The Morgan fingerprint density at radius 1 is 1.25 bits per heavy atom. The Kier molecular flexibility index (Phi) is 7.43.